The number of benzene rings is 1. The van der Waals surface area contributed by atoms with Crippen LogP contribution in [0.4, 0.5) is 20.5 Å². The number of nitrogens with zero attached hydrogens (tertiary/aromatic N) is 9. The van der Waals surface area contributed by atoms with Gasteiger partial charge in [-0.25, -0.2) is 28.7 Å². The minimum atomic E-state index is -5.16. The van der Waals surface area contributed by atoms with Gasteiger partial charge in [0.1, 0.15) is 29.9 Å². The quantitative estimate of drug-likeness (QED) is 0.0621. The molecule has 5 N–H and O–H groups in total. The van der Waals surface area contributed by atoms with Crippen molar-refractivity contribution in [1.82, 2.24) is 39.0 Å². The number of H-pyrrole nitrogens is 1. The summed E-state index contributed by atoms with van der Waals surface area (Å²) in [6, 6.07) is 11.7. The molecule has 344 valence electrons. The Morgan fingerprint density at radius 3 is 2.18 bits per heavy atom. The molecule has 0 radical (unpaired) electrons. The molecule has 1 aromatic carbocycles. The number of alkyl halides is 2. The molecule has 2 amide bonds. The first-order valence-electron chi connectivity index (χ1n) is 19.7. The van der Waals surface area contributed by atoms with Crippen molar-refractivity contribution in [3.8, 4) is 12.1 Å². The molecule has 0 spiro atoms. The van der Waals surface area contributed by atoms with E-state index in [1.165, 1.54) is 0 Å². The lowest BCUT2D eigenvalue weighted by atomic mass is 10.2. The number of fused-ring (bicyclic) bond motifs is 2. The van der Waals surface area contributed by atoms with Crippen molar-refractivity contribution in [2.45, 2.75) is 75.0 Å². The van der Waals surface area contributed by atoms with Crippen LogP contribution in [0.3, 0.4) is 0 Å². The van der Waals surface area contributed by atoms with Crippen LogP contribution in [0.25, 0.3) is 22.3 Å². The van der Waals surface area contributed by atoms with Crippen LogP contribution in [-0.2, 0) is 37.0 Å². The summed E-state index contributed by atoms with van der Waals surface area (Å²) in [5.41, 5.74) is -5.40. The van der Waals surface area contributed by atoms with E-state index in [1.54, 1.807) is 56.3 Å². The highest BCUT2D eigenvalue weighted by atomic mass is 31.2. The molecular formula is C37H40F2N12O12P2. The number of imidazole rings is 2. The van der Waals surface area contributed by atoms with Crippen molar-refractivity contribution < 1.29 is 60.5 Å². The molecule has 24 nitrogen and oxygen atoms in total. The van der Waals surface area contributed by atoms with E-state index >= 15 is 8.78 Å². The third-order valence-corrected chi connectivity index (χ3v) is 14.6. The topological polar surface area (TPSA) is 334 Å². The van der Waals surface area contributed by atoms with Crippen LogP contribution in [0.15, 0.2) is 54.1 Å². The molecule has 7 rings (SSSR count). The first-order chi connectivity index (χ1) is 31.1. The minimum Gasteiger partial charge on any atom is -0.394 e. The second kappa shape index (κ2) is 19.7. The molecule has 4 aromatic heterocycles. The molecule has 0 saturated carbocycles. The Hall–Kier alpha value is -5.92. The molecule has 6 heterocycles. The Labute approximate surface area is 365 Å². The number of halogens is 2. The fourth-order valence-corrected chi connectivity index (χ4v) is 11.0. The predicted octanol–water partition coefficient (Wildman–Crippen LogP) is 3.26. The van der Waals surface area contributed by atoms with Gasteiger partial charge in [0.25, 0.3) is 11.5 Å². The van der Waals surface area contributed by atoms with Crippen molar-refractivity contribution in [3.63, 3.8) is 0 Å². The summed E-state index contributed by atoms with van der Waals surface area (Å²) in [7, 11) is -10.2. The average Bonchev–Trinajstić information content (AvgIpc) is 4.06. The number of ether oxygens (including phenoxy) is 2. The number of anilines is 2. The van der Waals surface area contributed by atoms with Crippen molar-refractivity contribution in [2.75, 3.05) is 37.1 Å². The van der Waals surface area contributed by atoms with E-state index in [0.717, 1.165) is 28.1 Å². The van der Waals surface area contributed by atoms with E-state index in [4.69, 9.17) is 28.3 Å². The van der Waals surface area contributed by atoms with Gasteiger partial charge in [0.05, 0.1) is 64.1 Å². The zero-order valence-corrected chi connectivity index (χ0v) is 36.0. The van der Waals surface area contributed by atoms with Crippen LogP contribution in [0.1, 0.15) is 49.5 Å². The number of carbonyl (C=O) groups is 2. The fraction of sp³-hybridized carbons (Fsp3) is 0.459. The molecule has 10 atom stereocenters. The lowest BCUT2D eigenvalue weighted by Gasteiger charge is -2.29. The summed E-state index contributed by atoms with van der Waals surface area (Å²) in [6.07, 6.45) is -9.69. The second-order valence-electron chi connectivity index (χ2n) is 14.8. The molecule has 2 aliphatic rings. The first kappa shape index (κ1) is 47.1. The Kier molecular flexibility index (Phi) is 14.2. The number of aromatic amines is 1. The summed E-state index contributed by atoms with van der Waals surface area (Å²) >= 11 is 0. The number of amides is 2. The van der Waals surface area contributed by atoms with Gasteiger partial charge in [0, 0.05) is 11.5 Å². The van der Waals surface area contributed by atoms with Gasteiger partial charge in [-0.1, -0.05) is 32.0 Å². The van der Waals surface area contributed by atoms with Gasteiger partial charge in [-0.3, -0.25) is 42.9 Å². The van der Waals surface area contributed by atoms with Gasteiger partial charge in [-0.2, -0.15) is 15.5 Å². The Morgan fingerprint density at radius 1 is 0.892 bits per heavy atom. The van der Waals surface area contributed by atoms with Gasteiger partial charge >= 0.3 is 15.2 Å². The summed E-state index contributed by atoms with van der Waals surface area (Å²) in [4.78, 5) is 72.4. The van der Waals surface area contributed by atoms with E-state index in [2.05, 4.69) is 40.5 Å². The molecule has 0 aliphatic carbocycles. The number of hydrogen-bond acceptors (Lipinski definition) is 18. The first-order valence-corrected chi connectivity index (χ1v) is 23.0. The maximum absolute atomic E-state index is 17.0. The van der Waals surface area contributed by atoms with Crippen molar-refractivity contribution >= 4 is 61.1 Å². The van der Waals surface area contributed by atoms with Crippen LogP contribution in [0.2, 0.25) is 0 Å². The summed E-state index contributed by atoms with van der Waals surface area (Å²) in [6.45, 7) is -0.116. The molecule has 2 saturated heterocycles. The van der Waals surface area contributed by atoms with Gasteiger partial charge in [0.15, 0.2) is 52.9 Å². The van der Waals surface area contributed by atoms with Crippen LogP contribution in [0, 0.1) is 28.6 Å². The second-order valence-corrected chi connectivity index (χ2v) is 19.0. The maximum Gasteiger partial charge on any atom is 0.339 e. The Bertz CT molecular complexity index is 2800. The van der Waals surface area contributed by atoms with E-state index in [0.29, 0.717) is 5.56 Å². The van der Waals surface area contributed by atoms with Gasteiger partial charge in [-0.05, 0) is 12.1 Å². The normalized spacial score (nSPS) is 24.9. The third kappa shape index (κ3) is 9.58. The lowest BCUT2D eigenvalue weighted by Crippen LogP contribution is -2.36. The zero-order chi connectivity index (χ0) is 46.6. The molecule has 2 fully saturated rings. The highest BCUT2D eigenvalue weighted by Gasteiger charge is 2.60. The fourth-order valence-electron chi connectivity index (χ4n) is 7.16. The van der Waals surface area contributed by atoms with E-state index < -0.39 is 113 Å². The molecular weight excluding hydrogens is 904 g/mol. The van der Waals surface area contributed by atoms with Crippen LogP contribution >= 0.6 is 15.2 Å². The van der Waals surface area contributed by atoms with Crippen LogP contribution in [0.5, 0.6) is 0 Å². The largest absolute Gasteiger partial charge is 0.394 e. The maximum atomic E-state index is 17.0. The summed E-state index contributed by atoms with van der Waals surface area (Å²) in [5, 5.41) is 33.8. The number of carbonyl (C=O) groups excluding carboxylic acids is 2. The standard InChI is InChI=1S/C37H40F2N12O12P2/c1-19(2)32(53)48-37-47-31-26(34(55)49-37)45-18-51(31)35-23(38)27(64(56,57)59-12-6-10-40)22(63-35)15-61-65(58,60-13-7-11-41)28-21(14-52)62-36(24(28)39)50-17-44-25-29(42-16-43-30(25)50)46-33(54)20-8-4-3-5-9-20/h3-5,8-9,16-19,21-24,27-28,35-36,52H,6-7,12-15H2,1-2H3,(H,56,57)(H,42,43,46,54)(H2,47,48,49,53,55)/t21?,22?,23-,24-,27-,28-,35?,36?,65?/m1/s1. The molecule has 5 aromatic rings. The Balaban J connectivity index is 1.19. The number of nitriles is 2. The highest BCUT2D eigenvalue weighted by molar-refractivity contribution is 7.55. The minimum absolute atomic E-state index is 0.00784. The smallest absolute Gasteiger partial charge is 0.339 e. The van der Waals surface area contributed by atoms with E-state index in [9.17, 15) is 38.8 Å². The average molecular weight is 945 g/mol. The molecule has 6 unspecified atom stereocenters. The number of aliphatic hydroxyl groups excluding tert-OH is 1. The summed E-state index contributed by atoms with van der Waals surface area (Å²) in [5.74, 6) is -1.98. The molecule has 65 heavy (non-hydrogen) atoms. The summed E-state index contributed by atoms with van der Waals surface area (Å²) < 4.78 is 92.8. The van der Waals surface area contributed by atoms with Crippen molar-refractivity contribution in [2.24, 2.45) is 5.92 Å². The predicted molar refractivity (Wildman–Crippen MR) is 219 cm³/mol. The van der Waals surface area contributed by atoms with Gasteiger partial charge in [0.2, 0.25) is 11.9 Å². The Morgan fingerprint density at radius 2 is 1.52 bits per heavy atom. The monoisotopic (exact) mass is 944 g/mol. The van der Waals surface area contributed by atoms with Crippen LogP contribution < -0.4 is 16.2 Å². The number of rotatable bonds is 18. The number of aliphatic hydroxyl groups is 1. The van der Waals surface area contributed by atoms with Crippen molar-refractivity contribution in [3.05, 3.63) is 65.2 Å². The van der Waals surface area contributed by atoms with Gasteiger partial charge < -0.3 is 38.4 Å². The lowest BCUT2D eigenvalue weighted by molar-refractivity contribution is -0.118. The van der Waals surface area contributed by atoms with E-state index in [-0.39, 0.29) is 46.9 Å². The molecule has 28 heteroatoms. The highest BCUT2D eigenvalue weighted by Crippen LogP contribution is 2.62. The molecule has 0 bridgehead atoms. The number of nitrogens with one attached hydrogen (secondary N) is 3. The number of aromatic nitrogens is 8. The van der Waals surface area contributed by atoms with Crippen LogP contribution in [-0.4, -0.2) is 123 Å². The SMILES string of the molecule is CC(C)C(=O)Nc1nc2c(ncn2C2OC(COP(=O)(OCCC#N)[C@@H]3C(CO)OC(n4cnc5c(NC(=O)c6ccccc6)ncnc54)[C@@H]3F)[C@@H](P(=O)(O)OCCC#N)[C@H]2F)c(=O)[nH]1. The van der Waals surface area contributed by atoms with Gasteiger partial charge in [-0.15, -0.1) is 0 Å². The number of hydrogen-bond donors (Lipinski definition) is 5. The van der Waals surface area contributed by atoms with Crippen molar-refractivity contribution in [1.29, 1.82) is 10.5 Å². The van der Waals surface area contributed by atoms with E-state index in [1.807, 2.05) is 0 Å². The zero-order valence-electron chi connectivity index (χ0n) is 34.2. The molecule has 2 aliphatic heterocycles. The third-order valence-electron chi connectivity index (χ3n) is 10.3.